The van der Waals surface area contributed by atoms with Crippen molar-refractivity contribution >= 4 is 40.2 Å². The Morgan fingerprint density at radius 2 is 1.95 bits per heavy atom. The van der Waals surface area contributed by atoms with Gasteiger partial charge in [0.2, 0.25) is 0 Å². The van der Waals surface area contributed by atoms with Crippen LogP contribution in [0.2, 0.25) is 10.0 Å². The zero-order valence-corrected chi connectivity index (χ0v) is 12.5. The summed E-state index contributed by atoms with van der Waals surface area (Å²) in [5.41, 5.74) is 2.39. The van der Waals surface area contributed by atoms with Gasteiger partial charge in [0.25, 0.3) is 0 Å². The van der Waals surface area contributed by atoms with Crippen LogP contribution in [0.3, 0.4) is 0 Å². The summed E-state index contributed by atoms with van der Waals surface area (Å²) < 4.78 is 1.87. The van der Waals surface area contributed by atoms with Gasteiger partial charge in [-0.3, -0.25) is 0 Å². The third kappa shape index (κ3) is 2.37. The monoisotopic (exact) mass is 320 g/mol. The number of aryl methyl sites for hydroxylation is 1. The smallest absolute Gasteiger partial charge is 0.335 e. The molecular formula is C15H10Cl2N2O2. The van der Waals surface area contributed by atoms with Gasteiger partial charge in [0, 0.05) is 17.6 Å². The number of imidazole rings is 1. The molecule has 0 aliphatic rings. The average Bonchev–Trinajstić information content (AvgIpc) is 2.75. The van der Waals surface area contributed by atoms with Crippen LogP contribution in [0.1, 0.15) is 10.4 Å². The summed E-state index contributed by atoms with van der Waals surface area (Å²) in [4.78, 5) is 15.5. The lowest BCUT2D eigenvalue weighted by molar-refractivity contribution is 0.0697. The molecule has 6 heteroatoms. The number of carbonyl (C=O) groups is 1. The second-order valence-electron chi connectivity index (χ2n) is 4.63. The summed E-state index contributed by atoms with van der Waals surface area (Å²) in [5, 5.41) is 10.1. The molecule has 1 heterocycles. The molecule has 0 atom stereocenters. The van der Waals surface area contributed by atoms with E-state index in [1.807, 2.05) is 11.6 Å². The highest BCUT2D eigenvalue weighted by Crippen LogP contribution is 2.31. The molecule has 0 radical (unpaired) electrons. The fraction of sp³-hybridized carbons (Fsp3) is 0.0667. The summed E-state index contributed by atoms with van der Waals surface area (Å²) in [5.74, 6) is -0.317. The quantitative estimate of drug-likeness (QED) is 0.768. The molecule has 0 amide bonds. The third-order valence-corrected chi connectivity index (χ3v) is 3.85. The fourth-order valence-electron chi connectivity index (χ4n) is 2.24. The van der Waals surface area contributed by atoms with Crippen molar-refractivity contribution in [3.63, 3.8) is 0 Å². The van der Waals surface area contributed by atoms with Crippen molar-refractivity contribution in [1.29, 1.82) is 0 Å². The normalized spacial score (nSPS) is 11.0. The van der Waals surface area contributed by atoms with Crippen molar-refractivity contribution in [2.75, 3.05) is 0 Å². The number of benzene rings is 2. The Labute approximate surface area is 130 Å². The Morgan fingerprint density at radius 3 is 2.62 bits per heavy atom. The summed E-state index contributed by atoms with van der Waals surface area (Å²) in [6, 6.07) is 10.0. The van der Waals surface area contributed by atoms with Crippen LogP contribution in [0.15, 0.2) is 36.4 Å². The molecule has 0 bridgehead atoms. The molecule has 0 spiro atoms. The van der Waals surface area contributed by atoms with E-state index in [-0.39, 0.29) is 5.56 Å². The summed E-state index contributed by atoms with van der Waals surface area (Å²) in [6.45, 7) is 0. The topological polar surface area (TPSA) is 55.1 Å². The molecule has 1 aromatic heterocycles. The van der Waals surface area contributed by atoms with Gasteiger partial charge in [0.05, 0.1) is 21.6 Å². The molecule has 3 rings (SSSR count). The highest BCUT2D eigenvalue weighted by Gasteiger charge is 2.14. The first-order chi connectivity index (χ1) is 9.97. The molecule has 3 aromatic rings. The predicted octanol–water partition coefficient (Wildman–Crippen LogP) is 4.25. The molecule has 0 fully saturated rings. The van der Waals surface area contributed by atoms with Crippen LogP contribution in [0.4, 0.5) is 0 Å². The van der Waals surface area contributed by atoms with Crippen molar-refractivity contribution in [2.24, 2.45) is 7.05 Å². The Balaban J connectivity index is 2.23. The first kappa shape index (κ1) is 13.9. The second kappa shape index (κ2) is 5.06. The van der Waals surface area contributed by atoms with E-state index in [0.29, 0.717) is 21.4 Å². The van der Waals surface area contributed by atoms with E-state index >= 15 is 0 Å². The first-order valence-corrected chi connectivity index (χ1v) is 6.88. The van der Waals surface area contributed by atoms with Crippen molar-refractivity contribution < 1.29 is 9.90 Å². The maximum atomic E-state index is 11.0. The minimum absolute atomic E-state index is 0.203. The van der Waals surface area contributed by atoms with Crippen LogP contribution in [0, 0.1) is 0 Å². The van der Waals surface area contributed by atoms with Gasteiger partial charge in [-0.25, -0.2) is 9.78 Å². The summed E-state index contributed by atoms with van der Waals surface area (Å²) >= 11 is 12.1. The number of aromatic nitrogens is 2. The number of hydrogen-bond acceptors (Lipinski definition) is 2. The Hall–Kier alpha value is -2.04. The molecule has 21 heavy (non-hydrogen) atoms. The Kier molecular flexibility index (Phi) is 3.35. The van der Waals surface area contributed by atoms with Gasteiger partial charge in [-0.15, -0.1) is 0 Å². The minimum Gasteiger partial charge on any atom is -0.478 e. The van der Waals surface area contributed by atoms with Gasteiger partial charge in [-0.1, -0.05) is 23.2 Å². The number of fused-ring (bicyclic) bond motifs is 1. The second-order valence-corrected chi connectivity index (χ2v) is 5.47. The van der Waals surface area contributed by atoms with Gasteiger partial charge < -0.3 is 9.67 Å². The van der Waals surface area contributed by atoms with E-state index in [2.05, 4.69) is 4.98 Å². The van der Waals surface area contributed by atoms with Crippen LogP contribution in [0.5, 0.6) is 0 Å². The maximum absolute atomic E-state index is 11.0. The van der Waals surface area contributed by atoms with Gasteiger partial charge in [-0.05, 0) is 36.4 Å². The molecule has 106 valence electrons. The number of carboxylic acid groups (broad SMARTS) is 1. The van der Waals surface area contributed by atoms with E-state index in [0.717, 1.165) is 11.1 Å². The van der Waals surface area contributed by atoms with Crippen LogP contribution in [-0.2, 0) is 7.05 Å². The number of carboxylic acids is 1. The summed E-state index contributed by atoms with van der Waals surface area (Å²) in [6.07, 6.45) is 0. The number of nitrogens with zero attached hydrogens (tertiary/aromatic N) is 2. The highest BCUT2D eigenvalue weighted by atomic mass is 35.5. The molecule has 0 aliphatic carbocycles. The van der Waals surface area contributed by atoms with Crippen LogP contribution < -0.4 is 0 Å². The lowest BCUT2D eigenvalue weighted by Crippen LogP contribution is -1.96. The number of hydrogen-bond donors (Lipinski definition) is 1. The highest BCUT2D eigenvalue weighted by molar-refractivity contribution is 6.36. The SMILES string of the molecule is Cn1c(-c2ccc(Cl)cc2Cl)nc2cc(C(=O)O)ccc21. The van der Waals surface area contributed by atoms with Gasteiger partial charge >= 0.3 is 5.97 Å². The van der Waals surface area contributed by atoms with Crippen molar-refractivity contribution in [3.8, 4) is 11.4 Å². The zero-order valence-electron chi connectivity index (χ0n) is 11.0. The number of rotatable bonds is 2. The van der Waals surface area contributed by atoms with Gasteiger partial charge in [-0.2, -0.15) is 0 Å². The summed E-state index contributed by atoms with van der Waals surface area (Å²) in [7, 11) is 1.86. The van der Waals surface area contributed by atoms with Crippen molar-refractivity contribution in [2.45, 2.75) is 0 Å². The molecule has 2 aromatic carbocycles. The molecule has 1 N–H and O–H groups in total. The molecule has 0 saturated carbocycles. The Morgan fingerprint density at radius 1 is 1.19 bits per heavy atom. The average molecular weight is 321 g/mol. The largest absolute Gasteiger partial charge is 0.478 e. The van der Waals surface area contributed by atoms with Crippen molar-refractivity contribution in [3.05, 3.63) is 52.0 Å². The van der Waals surface area contributed by atoms with E-state index in [4.69, 9.17) is 28.3 Å². The lowest BCUT2D eigenvalue weighted by Gasteiger charge is -2.05. The first-order valence-electron chi connectivity index (χ1n) is 6.12. The van der Waals surface area contributed by atoms with E-state index in [9.17, 15) is 4.79 Å². The molecule has 0 unspecified atom stereocenters. The molecule has 4 nitrogen and oxygen atoms in total. The molecular weight excluding hydrogens is 311 g/mol. The van der Waals surface area contributed by atoms with E-state index in [1.54, 1.807) is 36.4 Å². The van der Waals surface area contributed by atoms with E-state index < -0.39 is 5.97 Å². The van der Waals surface area contributed by atoms with Crippen LogP contribution >= 0.6 is 23.2 Å². The van der Waals surface area contributed by atoms with E-state index in [1.165, 1.54) is 0 Å². The third-order valence-electron chi connectivity index (χ3n) is 3.30. The standard InChI is InChI=1S/C15H10Cl2N2O2/c1-19-13-5-2-8(15(20)21)6-12(13)18-14(19)10-4-3-9(16)7-11(10)17/h2-7H,1H3,(H,20,21). The Bertz CT molecular complexity index is 871. The molecule has 0 aliphatic heterocycles. The van der Waals surface area contributed by atoms with Crippen molar-refractivity contribution in [1.82, 2.24) is 9.55 Å². The van der Waals surface area contributed by atoms with Gasteiger partial charge in [0.1, 0.15) is 5.82 Å². The molecule has 0 saturated heterocycles. The minimum atomic E-state index is -0.978. The fourth-order valence-corrected chi connectivity index (χ4v) is 2.74. The lowest BCUT2D eigenvalue weighted by atomic mass is 10.2. The maximum Gasteiger partial charge on any atom is 0.335 e. The zero-order chi connectivity index (χ0) is 15.1. The number of halogens is 2. The van der Waals surface area contributed by atoms with Gasteiger partial charge in [0.15, 0.2) is 0 Å². The van der Waals surface area contributed by atoms with Crippen LogP contribution in [-0.4, -0.2) is 20.6 Å². The predicted molar refractivity (Wildman–Crippen MR) is 83.1 cm³/mol. The number of aromatic carboxylic acids is 1. The van der Waals surface area contributed by atoms with Crippen LogP contribution in [0.25, 0.3) is 22.4 Å².